The Morgan fingerprint density at radius 1 is 1.24 bits per heavy atom. The summed E-state index contributed by atoms with van der Waals surface area (Å²) in [6.07, 6.45) is 4.60. The van der Waals surface area contributed by atoms with Crippen molar-refractivity contribution in [3.63, 3.8) is 0 Å². The topological polar surface area (TPSA) is 100 Å². The van der Waals surface area contributed by atoms with E-state index in [1.165, 1.54) is 16.8 Å². The van der Waals surface area contributed by atoms with E-state index in [4.69, 9.17) is 0 Å². The van der Waals surface area contributed by atoms with E-state index >= 15 is 0 Å². The maximum atomic E-state index is 13.9. The normalized spacial score (nSPS) is 14.3. The Bertz CT molecular complexity index is 1330. The van der Waals surface area contributed by atoms with Gasteiger partial charge in [-0.1, -0.05) is 0 Å². The third-order valence-corrected chi connectivity index (χ3v) is 5.56. The van der Waals surface area contributed by atoms with E-state index in [9.17, 15) is 22.4 Å². The molecule has 4 heterocycles. The van der Waals surface area contributed by atoms with Gasteiger partial charge in [0.05, 0.1) is 19.3 Å². The monoisotopic (exact) mass is 461 g/mol. The summed E-state index contributed by atoms with van der Waals surface area (Å²) in [7, 11) is 0. The van der Waals surface area contributed by atoms with Crippen molar-refractivity contribution in [2.45, 2.75) is 25.2 Å². The number of aromatic amines is 1. The quantitative estimate of drug-likeness (QED) is 0.347. The Morgan fingerprint density at radius 3 is 2.82 bits per heavy atom. The molecule has 0 unspecified atom stereocenters. The standard InChI is InChI=1S/C21H19F4N7O/c22-16(23)8-28-19(33)15-7-26-17-4-1-11(9-32(15)17)13-5-27-18-14(13)6-29-20(31-18)30-10-21(24,25)12-2-3-12/h1,4-7,9,12,16H,2-3,8,10H2,(H,28,33)(H2,27,29,30,31). The minimum atomic E-state index is -2.79. The summed E-state index contributed by atoms with van der Waals surface area (Å²) in [5.41, 5.74) is 2.46. The highest BCUT2D eigenvalue weighted by molar-refractivity contribution is 5.95. The number of carbonyl (C=O) groups is 1. The molecule has 0 saturated heterocycles. The van der Waals surface area contributed by atoms with Crippen LogP contribution in [-0.4, -0.2) is 55.7 Å². The predicted molar refractivity (Wildman–Crippen MR) is 113 cm³/mol. The zero-order valence-corrected chi connectivity index (χ0v) is 17.2. The molecule has 0 atom stereocenters. The number of carbonyl (C=O) groups excluding carboxylic acids is 1. The second-order valence-corrected chi connectivity index (χ2v) is 7.94. The number of alkyl halides is 4. The Balaban J connectivity index is 1.41. The molecule has 4 aromatic rings. The van der Waals surface area contributed by atoms with Crippen LogP contribution in [0, 0.1) is 5.92 Å². The van der Waals surface area contributed by atoms with Gasteiger partial charge in [0.1, 0.15) is 17.0 Å². The summed E-state index contributed by atoms with van der Waals surface area (Å²) in [6.45, 7) is -1.28. The third-order valence-electron chi connectivity index (χ3n) is 5.56. The number of halogens is 4. The number of hydrogen-bond acceptors (Lipinski definition) is 5. The van der Waals surface area contributed by atoms with Crippen molar-refractivity contribution in [1.29, 1.82) is 0 Å². The lowest BCUT2D eigenvalue weighted by Gasteiger charge is -2.15. The van der Waals surface area contributed by atoms with Gasteiger partial charge in [-0.15, -0.1) is 0 Å². The van der Waals surface area contributed by atoms with Crippen LogP contribution in [0.4, 0.5) is 23.5 Å². The molecule has 4 aromatic heterocycles. The largest absolute Gasteiger partial charge is 0.348 e. The molecule has 0 aromatic carbocycles. The summed E-state index contributed by atoms with van der Waals surface area (Å²) in [6, 6.07) is 3.48. The molecule has 172 valence electrons. The average Bonchev–Trinajstić information content (AvgIpc) is 3.46. The van der Waals surface area contributed by atoms with E-state index in [-0.39, 0.29) is 11.6 Å². The highest BCUT2D eigenvalue weighted by Crippen LogP contribution is 2.43. The Labute approximate surface area is 184 Å². The van der Waals surface area contributed by atoms with E-state index < -0.39 is 37.3 Å². The highest BCUT2D eigenvalue weighted by Gasteiger charge is 2.46. The first-order chi connectivity index (χ1) is 15.8. The molecule has 1 amide bonds. The van der Waals surface area contributed by atoms with Crippen LogP contribution in [0.5, 0.6) is 0 Å². The lowest BCUT2D eigenvalue weighted by Crippen LogP contribution is -2.29. The van der Waals surface area contributed by atoms with Gasteiger partial charge in [0.15, 0.2) is 0 Å². The number of aromatic nitrogens is 5. The van der Waals surface area contributed by atoms with Crippen molar-refractivity contribution >= 4 is 28.5 Å². The van der Waals surface area contributed by atoms with E-state index in [1.54, 1.807) is 24.5 Å². The van der Waals surface area contributed by atoms with Crippen LogP contribution >= 0.6 is 0 Å². The second-order valence-electron chi connectivity index (χ2n) is 7.94. The molecular weight excluding hydrogens is 442 g/mol. The van der Waals surface area contributed by atoms with Gasteiger partial charge in [0, 0.05) is 41.0 Å². The van der Waals surface area contributed by atoms with Crippen LogP contribution in [-0.2, 0) is 0 Å². The minimum Gasteiger partial charge on any atom is -0.348 e. The van der Waals surface area contributed by atoms with Gasteiger partial charge in [-0.2, -0.15) is 4.98 Å². The lowest BCUT2D eigenvalue weighted by molar-refractivity contribution is -0.00832. The number of imidazole rings is 1. The molecule has 1 aliphatic rings. The molecule has 1 fully saturated rings. The summed E-state index contributed by atoms with van der Waals surface area (Å²) in [5.74, 6) is -3.94. The van der Waals surface area contributed by atoms with Crippen LogP contribution < -0.4 is 10.6 Å². The molecule has 3 N–H and O–H groups in total. The fourth-order valence-electron chi connectivity index (χ4n) is 3.65. The molecule has 5 rings (SSSR count). The molecule has 0 radical (unpaired) electrons. The SMILES string of the molecule is O=C(NCC(F)F)c1cnc2ccc(-c3c[nH]c4nc(NCC(F)(F)C5CC5)ncc34)cn12. The van der Waals surface area contributed by atoms with E-state index in [0.717, 1.165) is 5.56 Å². The highest BCUT2D eigenvalue weighted by atomic mass is 19.3. The van der Waals surface area contributed by atoms with Gasteiger partial charge in [0.2, 0.25) is 5.95 Å². The number of pyridine rings is 1. The Morgan fingerprint density at radius 2 is 2.06 bits per heavy atom. The number of hydrogen-bond donors (Lipinski definition) is 3. The zero-order valence-electron chi connectivity index (χ0n) is 17.2. The number of rotatable bonds is 8. The zero-order chi connectivity index (χ0) is 23.2. The molecule has 8 nitrogen and oxygen atoms in total. The van der Waals surface area contributed by atoms with Crippen molar-refractivity contribution in [1.82, 2.24) is 29.7 Å². The average molecular weight is 461 g/mol. The summed E-state index contributed by atoms with van der Waals surface area (Å²) in [4.78, 5) is 27.8. The maximum Gasteiger partial charge on any atom is 0.270 e. The van der Waals surface area contributed by atoms with Crippen LogP contribution in [0.1, 0.15) is 23.3 Å². The van der Waals surface area contributed by atoms with Crippen molar-refractivity contribution < 1.29 is 22.4 Å². The van der Waals surface area contributed by atoms with Crippen molar-refractivity contribution in [2.24, 2.45) is 5.92 Å². The number of nitrogens with one attached hydrogen (secondary N) is 3. The summed E-state index contributed by atoms with van der Waals surface area (Å²) in [5, 5.41) is 5.42. The third kappa shape index (κ3) is 4.20. The lowest BCUT2D eigenvalue weighted by atomic mass is 10.1. The number of amides is 1. The minimum absolute atomic E-state index is 0.0966. The molecule has 1 saturated carbocycles. The van der Waals surface area contributed by atoms with Gasteiger partial charge in [-0.05, 0) is 25.0 Å². The number of nitrogens with zero attached hydrogens (tertiary/aromatic N) is 4. The van der Waals surface area contributed by atoms with E-state index in [0.29, 0.717) is 35.1 Å². The maximum absolute atomic E-state index is 13.9. The molecule has 0 aliphatic heterocycles. The number of H-pyrrole nitrogens is 1. The van der Waals surface area contributed by atoms with Crippen molar-refractivity contribution in [3.05, 3.63) is 42.6 Å². The molecule has 0 spiro atoms. The van der Waals surface area contributed by atoms with E-state index in [1.807, 2.05) is 0 Å². The summed E-state index contributed by atoms with van der Waals surface area (Å²) < 4.78 is 54.2. The molecule has 0 bridgehead atoms. The fraction of sp³-hybridized carbons (Fsp3) is 0.333. The van der Waals surface area contributed by atoms with Crippen LogP contribution in [0.2, 0.25) is 0 Å². The molecule has 12 heteroatoms. The van der Waals surface area contributed by atoms with E-state index in [2.05, 4.69) is 30.6 Å². The van der Waals surface area contributed by atoms with Crippen LogP contribution in [0.15, 0.2) is 36.9 Å². The second kappa shape index (κ2) is 8.01. The van der Waals surface area contributed by atoms with Gasteiger partial charge < -0.3 is 15.6 Å². The first-order valence-corrected chi connectivity index (χ1v) is 10.3. The first kappa shape index (κ1) is 21.2. The molecular formula is C21H19F4N7O. The smallest absolute Gasteiger partial charge is 0.270 e. The Kier molecular flexibility index (Phi) is 5.14. The van der Waals surface area contributed by atoms with Crippen LogP contribution in [0.3, 0.4) is 0 Å². The van der Waals surface area contributed by atoms with Crippen LogP contribution in [0.25, 0.3) is 27.8 Å². The van der Waals surface area contributed by atoms with Gasteiger partial charge in [0.25, 0.3) is 18.3 Å². The number of anilines is 1. The Hall–Kier alpha value is -3.70. The first-order valence-electron chi connectivity index (χ1n) is 10.3. The van der Waals surface area contributed by atoms with Gasteiger partial charge in [-0.25, -0.2) is 27.5 Å². The summed E-state index contributed by atoms with van der Waals surface area (Å²) >= 11 is 0. The van der Waals surface area contributed by atoms with Gasteiger partial charge in [-0.3, -0.25) is 9.20 Å². The molecule has 33 heavy (non-hydrogen) atoms. The number of fused-ring (bicyclic) bond motifs is 2. The van der Waals surface area contributed by atoms with Crippen molar-refractivity contribution in [3.8, 4) is 11.1 Å². The fourth-order valence-corrected chi connectivity index (χ4v) is 3.65. The van der Waals surface area contributed by atoms with Gasteiger partial charge >= 0.3 is 0 Å². The predicted octanol–water partition coefficient (Wildman–Crippen LogP) is 3.72. The van der Waals surface area contributed by atoms with Crippen molar-refractivity contribution in [2.75, 3.05) is 18.4 Å². The molecule has 1 aliphatic carbocycles.